The number of benzene rings is 1. The summed E-state index contributed by atoms with van der Waals surface area (Å²) in [7, 11) is 1.32. The van der Waals surface area contributed by atoms with Crippen LogP contribution in [-0.4, -0.2) is 41.6 Å². The fraction of sp³-hybridized carbons (Fsp3) is 0.294. The number of carbonyl (C=O) groups is 3. The predicted molar refractivity (Wildman–Crippen MR) is 96.8 cm³/mol. The number of nitrogens with zero attached hydrogens (tertiary/aromatic N) is 1. The number of carbonyl (C=O) groups excluding carboxylic acids is 3. The predicted octanol–water partition coefficient (Wildman–Crippen LogP) is 1.76. The third-order valence-corrected chi connectivity index (χ3v) is 4.16. The minimum Gasteiger partial charge on any atom is -0.465 e. The van der Waals surface area contributed by atoms with Crippen LogP contribution in [0.15, 0.2) is 34.9 Å². The molecule has 2 aromatic rings. The van der Waals surface area contributed by atoms with E-state index in [1.807, 2.05) is 0 Å². The molecule has 0 spiro atoms. The van der Waals surface area contributed by atoms with Crippen LogP contribution < -0.4 is 10.6 Å². The number of methoxy groups -OCH3 is 1. The molecular formula is C17H19N3O5S. The van der Waals surface area contributed by atoms with Crippen molar-refractivity contribution in [1.29, 1.82) is 0 Å². The number of aromatic nitrogens is 1. The zero-order valence-corrected chi connectivity index (χ0v) is 15.2. The van der Waals surface area contributed by atoms with Gasteiger partial charge in [0.05, 0.1) is 24.2 Å². The number of aryl methyl sites for hydroxylation is 1. The summed E-state index contributed by atoms with van der Waals surface area (Å²) in [6.45, 7) is 2.07. The zero-order chi connectivity index (χ0) is 18.9. The highest BCUT2D eigenvalue weighted by Gasteiger charge is 2.09. The SMILES string of the molecule is COC(=O)c1ccc(CNC(=O)CSCC(=O)Nc2cc(C)on2)cc1. The molecule has 1 aromatic carbocycles. The van der Waals surface area contributed by atoms with Crippen LogP contribution in [0.2, 0.25) is 0 Å². The Kier molecular flexibility index (Phi) is 7.22. The summed E-state index contributed by atoms with van der Waals surface area (Å²) in [5.41, 5.74) is 1.31. The van der Waals surface area contributed by atoms with E-state index in [-0.39, 0.29) is 23.3 Å². The largest absolute Gasteiger partial charge is 0.465 e. The third kappa shape index (κ3) is 6.25. The summed E-state index contributed by atoms with van der Waals surface area (Å²) in [5, 5.41) is 8.99. The van der Waals surface area contributed by atoms with Crippen LogP contribution in [0.25, 0.3) is 0 Å². The summed E-state index contributed by atoms with van der Waals surface area (Å²) in [6, 6.07) is 8.37. The van der Waals surface area contributed by atoms with Crippen molar-refractivity contribution in [2.24, 2.45) is 0 Å². The van der Waals surface area contributed by atoms with Gasteiger partial charge in [0.15, 0.2) is 5.82 Å². The van der Waals surface area contributed by atoms with Gasteiger partial charge in [0, 0.05) is 12.6 Å². The number of ether oxygens (including phenoxy) is 1. The topological polar surface area (TPSA) is 111 Å². The number of esters is 1. The van der Waals surface area contributed by atoms with Crippen LogP contribution >= 0.6 is 11.8 Å². The minimum atomic E-state index is -0.406. The molecule has 0 aliphatic carbocycles. The molecule has 0 atom stereocenters. The van der Waals surface area contributed by atoms with Crippen molar-refractivity contribution in [2.45, 2.75) is 13.5 Å². The Bertz CT molecular complexity index is 773. The fourth-order valence-electron chi connectivity index (χ4n) is 1.97. The van der Waals surface area contributed by atoms with E-state index in [1.54, 1.807) is 37.3 Å². The monoisotopic (exact) mass is 377 g/mol. The smallest absolute Gasteiger partial charge is 0.337 e. The number of nitrogens with one attached hydrogen (secondary N) is 2. The summed E-state index contributed by atoms with van der Waals surface area (Å²) in [6.07, 6.45) is 0. The van der Waals surface area contributed by atoms with Gasteiger partial charge in [-0.25, -0.2) is 4.79 Å². The van der Waals surface area contributed by atoms with E-state index in [4.69, 9.17) is 4.52 Å². The minimum absolute atomic E-state index is 0.132. The highest BCUT2D eigenvalue weighted by Crippen LogP contribution is 2.09. The van der Waals surface area contributed by atoms with E-state index in [9.17, 15) is 14.4 Å². The molecule has 0 aliphatic heterocycles. The fourth-order valence-corrected chi connectivity index (χ4v) is 2.62. The van der Waals surface area contributed by atoms with Crippen LogP contribution in [0.3, 0.4) is 0 Å². The molecule has 1 heterocycles. The van der Waals surface area contributed by atoms with Gasteiger partial charge in [-0.15, -0.1) is 11.8 Å². The summed E-state index contributed by atoms with van der Waals surface area (Å²) in [4.78, 5) is 34.9. The lowest BCUT2D eigenvalue weighted by Crippen LogP contribution is -2.25. The zero-order valence-electron chi connectivity index (χ0n) is 14.4. The second kappa shape index (κ2) is 9.62. The first-order valence-electron chi connectivity index (χ1n) is 7.73. The van der Waals surface area contributed by atoms with Crippen molar-refractivity contribution in [1.82, 2.24) is 10.5 Å². The van der Waals surface area contributed by atoms with Gasteiger partial charge in [0.1, 0.15) is 5.76 Å². The number of amides is 2. The van der Waals surface area contributed by atoms with Crippen molar-refractivity contribution in [3.05, 3.63) is 47.2 Å². The number of rotatable bonds is 8. The van der Waals surface area contributed by atoms with Gasteiger partial charge in [0.25, 0.3) is 0 Å². The molecule has 2 amide bonds. The average Bonchev–Trinajstić information content (AvgIpc) is 3.04. The third-order valence-electron chi connectivity index (χ3n) is 3.23. The second-order valence-electron chi connectivity index (χ2n) is 5.33. The molecule has 138 valence electrons. The molecule has 0 radical (unpaired) electrons. The van der Waals surface area contributed by atoms with E-state index < -0.39 is 5.97 Å². The maximum atomic E-state index is 11.8. The van der Waals surface area contributed by atoms with Crippen molar-refractivity contribution in [3.8, 4) is 0 Å². The van der Waals surface area contributed by atoms with Crippen LogP contribution in [0.1, 0.15) is 21.7 Å². The Balaban J connectivity index is 1.65. The Labute approximate surface area is 154 Å². The number of hydrogen-bond acceptors (Lipinski definition) is 7. The molecule has 2 N–H and O–H groups in total. The molecule has 2 rings (SSSR count). The number of thioether (sulfide) groups is 1. The van der Waals surface area contributed by atoms with E-state index >= 15 is 0 Å². The van der Waals surface area contributed by atoms with Crippen LogP contribution in [0, 0.1) is 6.92 Å². The van der Waals surface area contributed by atoms with E-state index in [1.165, 1.54) is 18.9 Å². The van der Waals surface area contributed by atoms with Crippen LogP contribution in [0.4, 0.5) is 5.82 Å². The van der Waals surface area contributed by atoms with E-state index in [2.05, 4.69) is 20.5 Å². The first kappa shape index (κ1) is 19.5. The van der Waals surface area contributed by atoms with E-state index in [0.29, 0.717) is 23.7 Å². The molecule has 0 fully saturated rings. The molecule has 26 heavy (non-hydrogen) atoms. The Morgan fingerprint density at radius 1 is 1.15 bits per heavy atom. The molecule has 9 heteroatoms. The second-order valence-corrected chi connectivity index (χ2v) is 6.31. The number of anilines is 1. The Morgan fingerprint density at radius 3 is 2.46 bits per heavy atom. The number of hydrogen-bond donors (Lipinski definition) is 2. The molecule has 8 nitrogen and oxygen atoms in total. The molecule has 1 aromatic heterocycles. The van der Waals surface area contributed by atoms with Gasteiger partial charge in [-0.2, -0.15) is 0 Å². The molecule has 0 aliphatic rings. The van der Waals surface area contributed by atoms with E-state index in [0.717, 1.165) is 5.56 Å². The van der Waals surface area contributed by atoms with Gasteiger partial charge in [-0.1, -0.05) is 17.3 Å². The molecular weight excluding hydrogens is 358 g/mol. The van der Waals surface area contributed by atoms with Gasteiger partial charge in [0.2, 0.25) is 11.8 Å². The Morgan fingerprint density at radius 2 is 1.85 bits per heavy atom. The average molecular weight is 377 g/mol. The molecule has 0 unspecified atom stereocenters. The highest BCUT2D eigenvalue weighted by molar-refractivity contribution is 8.00. The molecule has 0 saturated heterocycles. The lowest BCUT2D eigenvalue weighted by molar-refractivity contribution is -0.118. The first-order chi connectivity index (χ1) is 12.5. The van der Waals surface area contributed by atoms with Gasteiger partial charge in [-0.05, 0) is 24.6 Å². The standard InChI is InChI=1S/C17H19N3O5S/c1-11-7-14(20-25-11)19-16(22)10-26-9-15(21)18-8-12-3-5-13(6-4-12)17(23)24-2/h3-7H,8-10H2,1-2H3,(H,18,21)(H,19,20,22). The lowest BCUT2D eigenvalue weighted by Gasteiger charge is -2.06. The van der Waals surface area contributed by atoms with Gasteiger partial charge >= 0.3 is 5.97 Å². The lowest BCUT2D eigenvalue weighted by atomic mass is 10.1. The van der Waals surface area contributed by atoms with Crippen LogP contribution in [-0.2, 0) is 20.9 Å². The maximum absolute atomic E-state index is 11.8. The van der Waals surface area contributed by atoms with Crippen LogP contribution in [0.5, 0.6) is 0 Å². The summed E-state index contributed by atoms with van der Waals surface area (Å²) >= 11 is 1.20. The Hall–Kier alpha value is -2.81. The first-order valence-corrected chi connectivity index (χ1v) is 8.88. The van der Waals surface area contributed by atoms with Gasteiger partial charge < -0.3 is 19.9 Å². The normalized spacial score (nSPS) is 10.2. The van der Waals surface area contributed by atoms with Crippen molar-refractivity contribution in [3.63, 3.8) is 0 Å². The molecule has 0 saturated carbocycles. The maximum Gasteiger partial charge on any atom is 0.337 e. The summed E-state index contributed by atoms with van der Waals surface area (Å²) < 4.78 is 9.47. The van der Waals surface area contributed by atoms with Crippen molar-refractivity contribution < 1.29 is 23.6 Å². The van der Waals surface area contributed by atoms with Gasteiger partial charge in [-0.3, -0.25) is 9.59 Å². The van der Waals surface area contributed by atoms with Crippen molar-refractivity contribution >= 4 is 35.4 Å². The highest BCUT2D eigenvalue weighted by atomic mass is 32.2. The quantitative estimate of drug-likeness (QED) is 0.674. The molecule has 0 bridgehead atoms. The van der Waals surface area contributed by atoms with Crippen molar-refractivity contribution in [2.75, 3.05) is 23.9 Å². The summed E-state index contributed by atoms with van der Waals surface area (Å²) in [5.74, 6) is 0.404.